The second-order valence-corrected chi connectivity index (χ2v) is 9.88. The molecule has 34 heavy (non-hydrogen) atoms. The lowest BCUT2D eigenvalue weighted by atomic mass is 9.95. The maximum absolute atomic E-state index is 15.4. The molecule has 0 radical (unpaired) electrons. The van der Waals surface area contributed by atoms with Gasteiger partial charge in [-0.25, -0.2) is 8.78 Å². The van der Waals surface area contributed by atoms with Crippen molar-refractivity contribution in [2.45, 2.75) is 50.7 Å². The number of rotatable bonds is 6. The van der Waals surface area contributed by atoms with Crippen LogP contribution in [0, 0.1) is 5.82 Å². The van der Waals surface area contributed by atoms with Gasteiger partial charge in [-0.2, -0.15) is 20.2 Å². The van der Waals surface area contributed by atoms with Crippen LogP contribution >= 0.6 is 15.9 Å². The van der Waals surface area contributed by atoms with Crippen LogP contribution in [-0.4, -0.2) is 56.5 Å². The molecule has 2 atom stereocenters. The summed E-state index contributed by atoms with van der Waals surface area (Å²) in [5.41, 5.74) is 2.11. The van der Waals surface area contributed by atoms with Crippen LogP contribution in [0.4, 0.5) is 14.6 Å². The van der Waals surface area contributed by atoms with Crippen LogP contribution < -0.4 is 10.1 Å². The molecule has 1 N–H and O–H groups in total. The van der Waals surface area contributed by atoms with Crippen LogP contribution in [0.5, 0.6) is 6.01 Å². The van der Waals surface area contributed by atoms with Crippen LogP contribution in [0.25, 0.3) is 10.9 Å². The Hall–Kier alpha value is -2.50. The Morgan fingerprint density at radius 2 is 2.18 bits per heavy atom. The van der Waals surface area contributed by atoms with Crippen molar-refractivity contribution in [2.75, 3.05) is 25.0 Å². The van der Waals surface area contributed by atoms with E-state index in [0.717, 1.165) is 30.5 Å². The Bertz CT molecular complexity index is 1250. The predicted octanol–water partition coefficient (Wildman–Crippen LogP) is 3.92. The molecule has 0 saturated carbocycles. The lowest BCUT2D eigenvalue weighted by Crippen LogP contribution is -2.43. The van der Waals surface area contributed by atoms with Crippen LogP contribution in [0.2, 0.25) is 0 Å². The van der Waals surface area contributed by atoms with Gasteiger partial charge in [-0.15, -0.1) is 0 Å². The van der Waals surface area contributed by atoms with Crippen molar-refractivity contribution in [1.29, 1.82) is 0 Å². The van der Waals surface area contributed by atoms with Crippen LogP contribution in [0.1, 0.15) is 36.1 Å². The topological polar surface area (TPSA) is 85.3 Å². The van der Waals surface area contributed by atoms with Gasteiger partial charge in [-0.3, -0.25) is 4.90 Å². The fourth-order valence-corrected chi connectivity index (χ4v) is 5.95. The number of ether oxygens (including phenoxy) is 2. The first-order chi connectivity index (χ1) is 16.5. The molecule has 11 heteroatoms. The highest BCUT2D eigenvalue weighted by Crippen LogP contribution is 2.42. The monoisotopic (exact) mass is 532 g/mol. The molecule has 3 aliphatic rings. The largest absolute Gasteiger partial charge is 0.461 e. The van der Waals surface area contributed by atoms with E-state index in [9.17, 15) is 4.39 Å². The molecule has 3 aromatic rings. The number of nitrogens with zero attached hydrogens (tertiary/aromatic N) is 5. The highest BCUT2D eigenvalue weighted by molar-refractivity contribution is 9.10. The van der Waals surface area contributed by atoms with Crippen molar-refractivity contribution in [1.82, 2.24) is 25.1 Å². The molecule has 178 valence electrons. The first-order valence-electron chi connectivity index (χ1n) is 11.3. The number of halogens is 3. The van der Waals surface area contributed by atoms with Gasteiger partial charge in [0.25, 0.3) is 0 Å². The molecule has 8 nitrogen and oxygen atoms in total. The molecule has 6 rings (SSSR count). The number of nitrogens with one attached hydrogen (secondary N) is 1. The first-order valence-corrected chi connectivity index (χ1v) is 12.1. The van der Waals surface area contributed by atoms with Crippen LogP contribution in [0.15, 0.2) is 22.8 Å². The minimum absolute atomic E-state index is 0.0577. The zero-order chi connectivity index (χ0) is 23.3. The van der Waals surface area contributed by atoms with Gasteiger partial charge in [-0.1, -0.05) is 0 Å². The van der Waals surface area contributed by atoms with E-state index in [1.165, 1.54) is 0 Å². The number of benzene rings is 1. The van der Waals surface area contributed by atoms with Gasteiger partial charge in [-0.05, 0) is 53.0 Å². The van der Waals surface area contributed by atoms with E-state index in [0.29, 0.717) is 54.1 Å². The standard InChI is InChI=1S/C23H23BrF2N6O2/c24-18-16-11-33-10-15(16)17-20(19(18)26)29-22(30-21(17)27-8-14-3-1-5-28-31-14)34-12-23-4-2-6-32(23)9-13(25)7-23/h1,3,5,13H,2,4,6-12H2,(H,27,29,30)/t13-,23+/m1/s1. The molecule has 1 aromatic carbocycles. The molecule has 2 fully saturated rings. The Labute approximate surface area is 203 Å². The van der Waals surface area contributed by atoms with Crippen molar-refractivity contribution >= 4 is 32.7 Å². The van der Waals surface area contributed by atoms with E-state index in [4.69, 9.17) is 9.47 Å². The summed E-state index contributed by atoms with van der Waals surface area (Å²) in [6.07, 6.45) is 3.05. The maximum Gasteiger partial charge on any atom is 0.319 e. The minimum Gasteiger partial charge on any atom is -0.461 e. The number of alkyl halides is 1. The van der Waals surface area contributed by atoms with E-state index < -0.39 is 12.0 Å². The SMILES string of the molecule is Fc1c(Br)c2c(c3c(NCc4cccnn4)nc(OC[C@@]45CCCN4C[C@H](F)C5)nc13)COC2. The molecular weight excluding hydrogens is 510 g/mol. The van der Waals surface area contributed by atoms with Crippen molar-refractivity contribution in [3.05, 3.63) is 45.4 Å². The third-order valence-corrected chi connectivity index (χ3v) is 7.83. The maximum atomic E-state index is 15.4. The van der Waals surface area contributed by atoms with Gasteiger partial charge in [0.15, 0.2) is 5.82 Å². The molecule has 0 spiro atoms. The minimum atomic E-state index is -0.860. The molecule has 0 amide bonds. The molecular formula is C23H23BrF2N6O2. The van der Waals surface area contributed by atoms with E-state index in [1.54, 1.807) is 12.3 Å². The van der Waals surface area contributed by atoms with E-state index in [1.807, 2.05) is 6.07 Å². The first kappa shape index (κ1) is 22.0. The number of hydrogen-bond acceptors (Lipinski definition) is 8. The van der Waals surface area contributed by atoms with Crippen molar-refractivity contribution in [3.8, 4) is 6.01 Å². The summed E-state index contributed by atoms with van der Waals surface area (Å²) in [5.74, 6) is -0.0474. The van der Waals surface area contributed by atoms with Gasteiger partial charge in [0, 0.05) is 24.7 Å². The van der Waals surface area contributed by atoms with Gasteiger partial charge < -0.3 is 14.8 Å². The predicted molar refractivity (Wildman–Crippen MR) is 124 cm³/mol. The lowest BCUT2D eigenvalue weighted by molar-refractivity contribution is 0.107. The molecule has 0 aliphatic carbocycles. The summed E-state index contributed by atoms with van der Waals surface area (Å²) in [4.78, 5) is 11.2. The summed E-state index contributed by atoms with van der Waals surface area (Å²) in [6.45, 7) is 2.55. The van der Waals surface area contributed by atoms with Crippen LogP contribution in [0.3, 0.4) is 0 Å². The summed E-state index contributed by atoms with van der Waals surface area (Å²) in [5, 5.41) is 11.8. The molecule has 0 bridgehead atoms. The third-order valence-electron chi connectivity index (χ3n) is 7.01. The van der Waals surface area contributed by atoms with E-state index >= 15 is 4.39 Å². The number of anilines is 1. The summed E-state index contributed by atoms with van der Waals surface area (Å²) in [6, 6.07) is 3.69. The van der Waals surface area contributed by atoms with Crippen molar-refractivity contribution in [3.63, 3.8) is 0 Å². The van der Waals surface area contributed by atoms with Crippen molar-refractivity contribution in [2.24, 2.45) is 0 Å². The smallest absolute Gasteiger partial charge is 0.319 e. The molecule has 3 aliphatic heterocycles. The Balaban J connectivity index is 1.38. The zero-order valence-corrected chi connectivity index (χ0v) is 19.9. The van der Waals surface area contributed by atoms with Crippen molar-refractivity contribution < 1.29 is 18.3 Å². The fourth-order valence-electron chi connectivity index (χ4n) is 5.41. The number of hydrogen-bond donors (Lipinski definition) is 1. The summed E-state index contributed by atoms with van der Waals surface area (Å²) >= 11 is 3.37. The highest BCUT2D eigenvalue weighted by Gasteiger charge is 2.49. The molecule has 0 unspecified atom stereocenters. The molecule has 2 aromatic heterocycles. The fraction of sp³-hybridized carbons (Fsp3) is 0.478. The zero-order valence-electron chi connectivity index (χ0n) is 18.4. The van der Waals surface area contributed by atoms with Gasteiger partial charge in [0.1, 0.15) is 24.1 Å². The average molecular weight is 533 g/mol. The Morgan fingerprint density at radius 1 is 1.29 bits per heavy atom. The second-order valence-electron chi connectivity index (χ2n) is 9.09. The quantitative estimate of drug-likeness (QED) is 0.511. The number of aromatic nitrogens is 4. The van der Waals surface area contributed by atoms with E-state index in [-0.39, 0.29) is 23.7 Å². The van der Waals surface area contributed by atoms with E-state index in [2.05, 4.69) is 46.3 Å². The second kappa shape index (κ2) is 8.62. The number of fused-ring (bicyclic) bond motifs is 4. The summed E-state index contributed by atoms with van der Waals surface area (Å²) in [7, 11) is 0. The highest BCUT2D eigenvalue weighted by atomic mass is 79.9. The van der Waals surface area contributed by atoms with Gasteiger partial charge in [0.2, 0.25) is 0 Å². The molecule has 2 saturated heterocycles. The molecule has 5 heterocycles. The Kier molecular flexibility index (Phi) is 5.57. The summed E-state index contributed by atoms with van der Waals surface area (Å²) < 4.78 is 41.6. The normalized spacial score (nSPS) is 23.9. The third kappa shape index (κ3) is 3.70. The Morgan fingerprint density at radius 3 is 3.03 bits per heavy atom. The van der Waals surface area contributed by atoms with Crippen LogP contribution in [-0.2, 0) is 24.5 Å². The lowest BCUT2D eigenvalue weighted by Gasteiger charge is -2.30. The van der Waals surface area contributed by atoms with Gasteiger partial charge >= 0.3 is 6.01 Å². The average Bonchev–Trinajstić information content (AvgIpc) is 3.54. The van der Waals surface area contributed by atoms with Gasteiger partial charge in [0.05, 0.1) is 40.9 Å².